The third-order valence-electron chi connectivity index (χ3n) is 5.31. The maximum atomic E-state index is 11.2. The number of hydrogen-bond acceptors (Lipinski definition) is 14. The Morgan fingerprint density at radius 1 is 0.442 bits per heavy atom. The minimum absolute atomic E-state index is 0. The molecule has 19 heteroatoms. The first-order valence-corrected chi connectivity index (χ1v) is 13.1. The molecule has 4 rings (SSSR count). The standard InChI is InChI=1S/2C12H8O7S.3Zn/c2*13-11(14)7-2-1-6-3-8(12(15)16)5-10(9(6)4-7)20(17,18)19;;;/h2*1-5H,(H,13,14)(H,15,16)(H,17,18,19);;;/q;;3*+2/p-6. The van der Waals surface area contributed by atoms with E-state index in [1.807, 2.05) is 0 Å². The van der Waals surface area contributed by atoms with Crippen LogP contribution < -0.4 is 20.4 Å². The minimum atomic E-state index is -4.98. The van der Waals surface area contributed by atoms with E-state index in [1.54, 1.807) is 0 Å². The molecule has 0 aromatic heterocycles. The van der Waals surface area contributed by atoms with Gasteiger partial charge in [0.1, 0.15) is 20.2 Å². The molecule has 4 aromatic rings. The van der Waals surface area contributed by atoms with E-state index >= 15 is 0 Å². The number of carboxylic acid groups (broad SMARTS) is 4. The Labute approximate surface area is 280 Å². The van der Waals surface area contributed by atoms with Gasteiger partial charge in [-0.3, -0.25) is 0 Å². The number of rotatable bonds is 6. The first-order chi connectivity index (χ1) is 18.4. The number of carbonyl (C=O) groups is 4. The van der Waals surface area contributed by atoms with E-state index in [9.17, 15) is 65.5 Å². The van der Waals surface area contributed by atoms with Gasteiger partial charge < -0.3 is 48.7 Å². The smallest absolute Gasteiger partial charge is 0.744 e. The van der Waals surface area contributed by atoms with Crippen molar-refractivity contribution in [2.45, 2.75) is 9.79 Å². The van der Waals surface area contributed by atoms with Crippen LogP contribution in [0, 0.1) is 0 Å². The summed E-state index contributed by atoms with van der Waals surface area (Å²) in [5, 5.41) is 42.9. The van der Waals surface area contributed by atoms with Crippen LogP contribution in [0.15, 0.2) is 70.5 Å². The second kappa shape index (κ2) is 15.1. The Kier molecular flexibility index (Phi) is 14.0. The number of fused-ring (bicyclic) bond motifs is 2. The zero-order chi connectivity index (χ0) is 30.2. The van der Waals surface area contributed by atoms with Gasteiger partial charge in [-0.15, -0.1) is 0 Å². The van der Waals surface area contributed by atoms with Crippen LogP contribution in [-0.2, 0) is 78.7 Å². The van der Waals surface area contributed by atoms with Crippen molar-refractivity contribution in [2.75, 3.05) is 0 Å². The number of carbonyl (C=O) groups excluding carboxylic acids is 4. The molecule has 0 N–H and O–H groups in total. The largest absolute Gasteiger partial charge is 2.00 e. The molecule has 0 aliphatic carbocycles. The number of hydrogen-bond donors (Lipinski definition) is 0. The van der Waals surface area contributed by atoms with Gasteiger partial charge in [-0.05, 0) is 80.2 Å². The molecule has 0 bridgehead atoms. The van der Waals surface area contributed by atoms with E-state index in [2.05, 4.69) is 0 Å². The molecule has 0 spiro atoms. The Balaban J connectivity index is 0.000000767. The predicted octanol–water partition coefficient (Wildman–Crippen LogP) is -3.07. The number of benzene rings is 4. The first kappa shape index (κ1) is 40.0. The quantitative estimate of drug-likeness (QED) is 0.139. The Bertz CT molecular complexity index is 1830. The summed E-state index contributed by atoms with van der Waals surface area (Å²) in [5.74, 6) is -6.41. The molecule has 0 aliphatic rings. The summed E-state index contributed by atoms with van der Waals surface area (Å²) >= 11 is 0. The van der Waals surface area contributed by atoms with Crippen molar-refractivity contribution in [3.05, 3.63) is 82.9 Å². The van der Waals surface area contributed by atoms with E-state index in [0.717, 1.165) is 36.4 Å². The maximum absolute atomic E-state index is 11.2. The van der Waals surface area contributed by atoms with Gasteiger partial charge >= 0.3 is 58.4 Å². The van der Waals surface area contributed by atoms with Crippen molar-refractivity contribution in [3.63, 3.8) is 0 Å². The van der Waals surface area contributed by atoms with Gasteiger partial charge in [0, 0.05) is 0 Å². The topological polar surface area (TPSA) is 275 Å². The third kappa shape index (κ3) is 9.48. The third-order valence-corrected chi connectivity index (χ3v) is 7.07. The summed E-state index contributed by atoms with van der Waals surface area (Å²) in [4.78, 5) is 41.4. The zero-order valence-electron chi connectivity index (χ0n) is 21.4. The van der Waals surface area contributed by atoms with Crippen LogP contribution in [-0.4, -0.2) is 49.8 Å². The van der Waals surface area contributed by atoms with Crippen LogP contribution in [0.25, 0.3) is 21.5 Å². The van der Waals surface area contributed by atoms with E-state index in [0.29, 0.717) is 12.1 Å². The first-order valence-electron chi connectivity index (χ1n) is 10.3. The molecule has 0 unspecified atom stereocenters. The van der Waals surface area contributed by atoms with Crippen molar-refractivity contribution in [2.24, 2.45) is 0 Å². The SMILES string of the molecule is O=C([O-])c1cc(S(=O)(=O)[O-])c2cc(C(=O)[O-])ccc2c1.O=C([O-])c1cc(S(=O)(=O)[O-])c2cc(C(=O)[O-])ccc2c1.[Zn+2].[Zn+2].[Zn+2]. The molecule has 208 valence electrons. The Hall–Kier alpha value is -3.03. The van der Waals surface area contributed by atoms with Crippen LogP contribution in [0.1, 0.15) is 41.4 Å². The molecule has 0 heterocycles. The molecule has 0 fully saturated rings. The average Bonchev–Trinajstić information content (AvgIpc) is 2.85. The van der Waals surface area contributed by atoms with Crippen molar-refractivity contribution >= 4 is 65.7 Å². The molecule has 0 aliphatic heterocycles. The Morgan fingerprint density at radius 2 is 0.721 bits per heavy atom. The molecule has 0 radical (unpaired) electrons. The average molecular weight is 783 g/mol. The number of aromatic carboxylic acids is 4. The van der Waals surface area contributed by atoms with E-state index in [-0.39, 0.29) is 91.1 Å². The minimum Gasteiger partial charge on any atom is -0.744 e. The summed E-state index contributed by atoms with van der Waals surface area (Å²) in [6.45, 7) is 0. The fourth-order valence-corrected chi connectivity index (χ4v) is 4.99. The second-order valence-electron chi connectivity index (χ2n) is 7.88. The predicted molar refractivity (Wildman–Crippen MR) is 121 cm³/mol. The van der Waals surface area contributed by atoms with Crippen LogP contribution in [0.2, 0.25) is 0 Å². The molecule has 0 saturated heterocycles. The van der Waals surface area contributed by atoms with Gasteiger partial charge in [0.2, 0.25) is 0 Å². The molecular weight excluding hydrogens is 773 g/mol. The van der Waals surface area contributed by atoms with Gasteiger partial charge in [-0.2, -0.15) is 0 Å². The number of carboxylic acids is 4. The Morgan fingerprint density at radius 3 is 0.953 bits per heavy atom. The molecule has 0 atom stereocenters. The molecule has 0 saturated carbocycles. The fourth-order valence-electron chi connectivity index (χ4n) is 3.55. The molecule has 4 aromatic carbocycles. The van der Waals surface area contributed by atoms with E-state index in [1.165, 1.54) is 12.1 Å². The van der Waals surface area contributed by atoms with Gasteiger partial charge in [0.05, 0.1) is 33.7 Å². The second-order valence-corrected chi connectivity index (χ2v) is 10.6. The van der Waals surface area contributed by atoms with Crippen molar-refractivity contribution in [1.29, 1.82) is 0 Å². The van der Waals surface area contributed by atoms with Crippen molar-refractivity contribution in [1.82, 2.24) is 0 Å². The summed E-state index contributed by atoms with van der Waals surface area (Å²) < 4.78 is 67.0. The van der Waals surface area contributed by atoms with Gasteiger partial charge in [-0.1, -0.05) is 24.3 Å². The summed E-state index contributed by atoms with van der Waals surface area (Å²) in [6.07, 6.45) is 0. The van der Waals surface area contributed by atoms with Crippen molar-refractivity contribution in [3.8, 4) is 0 Å². The normalized spacial score (nSPS) is 10.7. The molecule has 43 heavy (non-hydrogen) atoms. The van der Waals surface area contributed by atoms with Crippen molar-refractivity contribution < 1.29 is 124 Å². The van der Waals surface area contributed by atoms with Gasteiger partial charge in [0.15, 0.2) is 0 Å². The zero-order valence-corrected chi connectivity index (χ0v) is 32.0. The molecule has 14 nitrogen and oxygen atoms in total. The maximum Gasteiger partial charge on any atom is 2.00 e. The monoisotopic (exact) mass is 778 g/mol. The van der Waals surface area contributed by atoms with E-state index < -0.39 is 65.0 Å². The summed E-state index contributed by atoms with van der Waals surface area (Å²) in [5.41, 5.74) is -1.64. The van der Waals surface area contributed by atoms with Gasteiger partial charge in [-0.25, -0.2) is 16.8 Å². The van der Waals surface area contributed by atoms with Gasteiger partial charge in [0.25, 0.3) is 0 Å². The fraction of sp³-hybridized carbons (Fsp3) is 0. The summed E-state index contributed by atoms with van der Waals surface area (Å²) in [6, 6.07) is 9.90. The molecule has 0 amide bonds. The van der Waals surface area contributed by atoms with Crippen LogP contribution in [0.4, 0.5) is 0 Å². The van der Waals surface area contributed by atoms with Crippen LogP contribution in [0.3, 0.4) is 0 Å². The van der Waals surface area contributed by atoms with Crippen LogP contribution in [0.5, 0.6) is 0 Å². The molecular formula is C24H10O14S2Zn3. The van der Waals surface area contributed by atoms with E-state index in [4.69, 9.17) is 0 Å². The summed E-state index contributed by atoms with van der Waals surface area (Å²) in [7, 11) is -9.96. The van der Waals surface area contributed by atoms with Crippen LogP contribution >= 0.6 is 0 Å².